The van der Waals surface area contributed by atoms with Crippen LogP contribution in [-0.2, 0) is 11.3 Å². The molecule has 0 aliphatic carbocycles. The molecule has 2 heterocycles. The van der Waals surface area contributed by atoms with Crippen LogP contribution in [0.3, 0.4) is 0 Å². The van der Waals surface area contributed by atoms with Crippen molar-refractivity contribution in [3.63, 3.8) is 0 Å². The number of nitrogens with one attached hydrogen (secondary N) is 1. The number of hydrogen-bond acceptors (Lipinski definition) is 3. The second-order valence-corrected chi connectivity index (χ2v) is 6.48. The predicted molar refractivity (Wildman–Crippen MR) is 95.1 cm³/mol. The lowest BCUT2D eigenvalue weighted by atomic mass is 10.1. The first-order valence-electron chi connectivity index (χ1n) is 8.79. The van der Waals surface area contributed by atoms with Crippen molar-refractivity contribution < 1.29 is 9.59 Å². The van der Waals surface area contributed by atoms with Crippen molar-refractivity contribution in [3.8, 4) is 0 Å². The molecule has 1 aromatic heterocycles. The van der Waals surface area contributed by atoms with Crippen LogP contribution >= 0.6 is 0 Å². The molecule has 25 heavy (non-hydrogen) atoms. The van der Waals surface area contributed by atoms with Gasteiger partial charge in [0, 0.05) is 31.0 Å². The van der Waals surface area contributed by atoms with E-state index in [0.717, 1.165) is 31.5 Å². The summed E-state index contributed by atoms with van der Waals surface area (Å²) in [6.07, 6.45) is 6.90. The number of aromatic nitrogens is 2. The van der Waals surface area contributed by atoms with Crippen LogP contribution in [0.5, 0.6) is 0 Å². The summed E-state index contributed by atoms with van der Waals surface area (Å²) in [4.78, 5) is 26.6. The van der Waals surface area contributed by atoms with E-state index in [4.69, 9.17) is 0 Å². The van der Waals surface area contributed by atoms with Crippen molar-refractivity contribution in [2.45, 2.75) is 38.8 Å². The Kier molecular flexibility index (Phi) is 5.48. The monoisotopic (exact) mass is 340 g/mol. The molecule has 0 saturated carbocycles. The number of carbonyl (C=O) groups excluding carboxylic acids is 2. The first-order valence-corrected chi connectivity index (χ1v) is 8.79. The van der Waals surface area contributed by atoms with Gasteiger partial charge in [0.05, 0.1) is 6.54 Å². The lowest BCUT2D eigenvalue weighted by Crippen LogP contribution is -2.48. The largest absolute Gasteiger partial charge is 0.341 e. The summed E-state index contributed by atoms with van der Waals surface area (Å²) in [6, 6.07) is 8.76. The Labute approximate surface area is 147 Å². The Morgan fingerprint density at radius 3 is 2.52 bits per heavy atom. The minimum atomic E-state index is -0.505. The molecule has 1 N–H and O–H groups in total. The van der Waals surface area contributed by atoms with E-state index in [1.807, 2.05) is 34.0 Å². The van der Waals surface area contributed by atoms with Crippen LogP contribution in [-0.4, -0.2) is 45.6 Å². The molecule has 0 radical (unpaired) electrons. The number of carbonyl (C=O) groups is 2. The molecule has 0 spiro atoms. The van der Waals surface area contributed by atoms with Crippen LogP contribution in [0.25, 0.3) is 0 Å². The lowest BCUT2D eigenvalue weighted by molar-refractivity contribution is -0.133. The summed E-state index contributed by atoms with van der Waals surface area (Å²) in [6.45, 7) is 4.00. The second-order valence-electron chi connectivity index (χ2n) is 6.48. The van der Waals surface area contributed by atoms with E-state index in [1.165, 1.54) is 6.42 Å². The van der Waals surface area contributed by atoms with Crippen molar-refractivity contribution in [1.82, 2.24) is 20.0 Å². The number of rotatable bonds is 5. The minimum Gasteiger partial charge on any atom is -0.341 e. The predicted octanol–water partition coefficient (Wildman–Crippen LogP) is 2.06. The van der Waals surface area contributed by atoms with E-state index >= 15 is 0 Å². The molecule has 132 valence electrons. The number of hydrogen-bond donors (Lipinski definition) is 1. The molecule has 1 saturated heterocycles. The van der Waals surface area contributed by atoms with Crippen LogP contribution in [0, 0.1) is 0 Å². The highest BCUT2D eigenvalue weighted by molar-refractivity contribution is 5.97. The fraction of sp³-hybridized carbons (Fsp3) is 0.421. The van der Waals surface area contributed by atoms with Gasteiger partial charge in [-0.1, -0.05) is 12.1 Å². The van der Waals surface area contributed by atoms with Crippen LogP contribution < -0.4 is 5.32 Å². The van der Waals surface area contributed by atoms with Crippen LogP contribution in [0.4, 0.5) is 0 Å². The molecule has 1 atom stereocenters. The van der Waals surface area contributed by atoms with Gasteiger partial charge in [-0.25, -0.2) is 0 Å². The minimum absolute atomic E-state index is 0.00310. The summed E-state index contributed by atoms with van der Waals surface area (Å²) >= 11 is 0. The average Bonchev–Trinajstić information content (AvgIpc) is 3.15. The van der Waals surface area contributed by atoms with E-state index in [9.17, 15) is 9.59 Å². The molecule has 6 heteroatoms. The SMILES string of the molecule is CC(NC(=O)c1ccc(Cn2cccn2)cc1)C(=O)N1CCCCC1. The molecule has 1 aromatic carbocycles. The summed E-state index contributed by atoms with van der Waals surface area (Å²) in [5, 5.41) is 6.98. The number of benzene rings is 1. The first-order chi connectivity index (χ1) is 12.1. The zero-order valence-corrected chi connectivity index (χ0v) is 14.5. The topological polar surface area (TPSA) is 67.2 Å². The van der Waals surface area contributed by atoms with E-state index in [1.54, 1.807) is 25.3 Å². The number of nitrogens with zero attached hydrogens (tertiary/aromatic N) is 3. The Morgan fingerprint density at radius 1 is 1.16 bits per heavy atom. The van der Waals surface area contributed by atoms with E-state index in [-0.39, 0.29) is 11.8 Å². The standard InChI is InChI=1S/C19H24N4O2/c1-15(19(25)22-11-3-2-4-12-22)21-18(24)17-8-6-16(7-9-17)14-23-13-5-10-20-23/h5-10,13,15H,2-4,11-12,14H2,1H3,(H,21,24). The van der Waals surface area contributed by atoms with Gasteiger partial charge in [0.15, 0.2) is 0 Å². The zero-order chi connectivity index (χ0) is 17.6. The molecule has 6 nitrogen and oxygen atoms in total. The number of likely N-dealkylation sites (tertiary alicyclic amines) is 1. The highest BCUT2D eigenvalue weighted by Gasteiger charge is 2.23. The van der Waals surface area contributed by atoms with Crippen molar-refractivity contribution in [2.24, 2.45) is 0 Å². The van der Waals surface area contributed by atoms with E-state index in [2.05, 4.69) is 10.4 Å². The zero-order valence-electron chi connectivity index (χ0n) is 14.5. The Bertz CT molecular complexity index is 704. The molecule has 1 aliphatic heterocycles. The van der Waals surface area contributed by atoms with Crippen LogP contribution in [0.1, 0.15) is 42.1 Å². The maximum absolute atomic E-state index is 12.4. The first kappa shape index (κ1) is 17.2. The lowest BCUT2D eigenvalue weighted by Gasteiger charge is -2.29. The highest BCUT2D eigenvalue weighted by atomic mass is 16.2. The van der Waals surface area contributed by atoms with Gasteiger partial charge in [-0.2, -0.15) is 5.10 Å². The van der Waals surface area contributed by atoms with Crippen molar-refractivity contribution in [3.05, 3.63) is 53.9 Å². The smallest absolute Gasteiger partial charge is 0.251 e. The van der Waals surface area contributed by atoms with Gasteiger partial charge in [-0.3, -0.25) is 14.3 Å². The van der Waals surface area contributed by atoms with Gasteiger partial charge >= 0.3 is 0 Å². The van der Waals surface area contributed by atoms with Gasteiger partial charge in [0.25, 0.3) is 5.91 Å². The van der Waals surface area contributed by atoms with Gasteiger partial charge in [-0.05, 0) is 49.9 Å². The van der Waals surface area contributed by atoms with Gasteiger partial charge in [0.2, 0.25) is 5.91 Å². The van der Waals surface area contributed by atoms with E-state index < -0.39 is 6.04 Å². The summed E-state index contributed by atoms with van der Waals surface area (Å²) in [5.74, 6) is -0.216. The Balaban J connectivity index is 1.56. The van der Waals surface area contributed by atoms with Gasteiger partial charge < -0.3 is 10.2 Å². The van der Waals surface area contributed by atoms with Crippen LogP contribution in [0.15, 0.2) is 42.7 Å². The Morgan fingerprint density at radius 2 is 1.88 bits per heavy atom. The maximum atomic E-state index is 12.4. The summed E-state index contributed by atoms with van der Waals surface area (Å²) in [5.41, 5.74) is 1.63. The number of piperidine rings is 1. The average molecular weight is 340 g/mol. The third kappa shape index (κ3) is 4.47. The molecule has 2 aromatic rings. The van der Waals surface area contributed by atoms with Crippen molar-refractivity contribution in [2.75, 3.05) is 13.1 Å². The molecule has 3 rings (SSSR count). The van der Waals surface area contributed by atoms with E-state index in [0.29, 0.717) is 12.1 Å². The highest BCUT2D eigenvalue weighted by Crippen LogP contribution is 2.11. The maximum Gasteiger partial charge on any atom is 0.251 e. The van der Waals surface area contributed by atoms with Crippen molar-refractivity contribution in [1.29, 1.82) is 0 Å². The second kappa shape index (κ2) is 7.96. The fourth-order valence-electron chi connectivity index (χ4n) is 3.07. The molecular weight excluding hydrogens is 316 g/mol. The molecule has 0 bridgehead atoms. The summed E-state index contributed by atoms with van der Waals surface area (Å²) in [7, 11) is 0. The molecule has 1 unspecified atom stereocenters. The molecule has 2 amide bonds. The normalized spacial score (nSPS) is 15.6. The van der Waals surface area contributed by atoms with Crippen molar-refractivity contribution >= 4 is 11.8 Å². The van der Waals surface area contributed by atoms with Gasteiger partial charge in [0.1, 0.15) is 6.04 Å². The summed E-state index contributed by atoms with van der Waals surface area (Å²) < 4.78 is 1.83. The quantitative estimate of drug-likeness (QED) is 0.906. The Hall–Kier alpha value is -2.63. The van der Waals surface area contributed by atoms with Gasteiger partial charge in [-0.15, -0.1) is 0 Å². The number of amides is 2. The van der Waals surface area contributed by atoms with Crippen LogP contribution in [0.2, 0.25) is 0 Å². The molecular formula is C19H24N4O2. The molecule has 1 fully saturated rings. The fourth-order valence-corrected chi connectivity index (χ4v) is 3.07. The third-order valence-electron chi connectivity index (χ3n) is 4.51. The third-order valence-corrected chi connectivity index (χ3v) is 4.51. The molecule has 1 aliphatic rings.